The maximum absolute atomic E-state index is 11.8. The third-order valence-corrected chi connectivity index (χ3v) is 3.51. The SMILES string of the molecule is CC(=O)N(CCNC(=O)Cc1ccc(Br)cc1)C(C)C. The molecule has 1 aromatic rings. The molecule has 1 aromatic carbocycles. The van der Waals surface area contributed by atoms with E-state index in [1.165, 1.54) is 0 Å². The summed E-state index contributed by atoms with van der Waals surface area (Å²) in [4.78, 5) is 24.9. The van der Waals surface area contributed by atoms with Crippen LogP contribution in [0.1, 0.15) is 26.3 Å². The van der Waals surface area contributed by atoms with Crippen molar-refractivity contribution in [2.75, 3.05) is 13.1 Å². The molecule has 20 heavy (non-hydrogen) atoms. The van der Waals surface area contributed by atoms with Crippen molar-refractivity contribution in [2.24, 2.45) is 0 Å². The molecule has 0 aliphatic rings. The maximum atomic E-state index is 11.8. The van der Waals surface area contributed by atoms with Crippen LogP contribution in [0.5, 0.6) is 0 Å². The Bertz CT molecular complexity index is 457. The minimum Gasteiger partial charge on any atom is -0.354 e. The molecule has 0 saturated heterocycles. The van der Waals surface area contributed by atoms with E-state index in [1.54, 1.807) is 11.8 Å². The number of nitrogens with zero attached hydrogens (tertiary/aromatic N) is 1. The van der Waals surface area contributed by atoms with E-state index in [4.69, 9.17) is 0 Å². The molecule has 4 nitrogen and oxygen atoms in total. The molecule has 0 radical (unpaired) electrons. The standard InChI is InChI=1S/C15H21BrN2O2/c1-11(2)18(12(3)19)9-8-17-15(20)10-13-4-6-14(16)7-5-13/h4-7,11H,8-10H2,1-3H3,(H,17,20). The van der Waals surface area contributed by atoms with Gasteiger partial charge in [0, 0.05) is 30.5 Å². The Hall–Kier alpha value is -1.36. The lowest BCUT2D eigenvalue weighted by Gasteiger charge is -2.25. The summed E-state index contributed by atoms with van der Waals surface area (Å²) in [5.74, 6) is 0.00161. The number of hydrogen-bond donors (Lipinski definition) is 1. The van der Waals surface area contributed by atoms with Gasteiger partial charge in [0.1, 0.15) is 0 Å². The summed E-state index contributed by atoms with van der Waals surface area (Å²) in [6.07, 6.45) is 0.356. The van der Waals surface area contributed by atoms with E-state index >= 15 is 0 Å². The first-order valence-electron chi connectivity index (χ1n) is 6.68. The van der Waals surface area contributed by atoms with Crippen LogP contribution in [0.15, 0.2) is 28.7 Å². The molecule has 0 fully saturated rings. The molecule has 0 bridgehead atoms. The van der Waals surface area contributed by atoms with Crippen molar-refractivity contribution in [3.8, 4) is 0 Å². The molecule has 0 atom stereocenters. The highest BCUT2D eigenvalue weighted by molar-refractivity contribution is 9.10. The van der Waals surface area contributed by atoms with Crippen LogP contribution in [-0.4, -0.2) is 35.8 Å². The summed E-state index contributed by atoms with van der Waals surface area (Å²) in [5, 5.41) is 2.84. The van der Waals surface area contributed by atoms with Gasteiger partial charge in [-0.05, 0) is 31.5 Å². The molecule has 5 heteroatoms. The molecule has 0 aliphatic heterocycles. The monoisotopic (exact) mass is 340 g/mol. The number of halogens is 1. The molecule has 0 aliphatic carbocycles. The van der Waals surface area contributed by atoms with Gasteiger partial charge in [0.2, 0.25) is 11.8 Å². The van der Waals surface area contributed by atoms with Crippen molar-refractivity contribution in [3.05, 3.63) is 34.3 Å². The molecule has 0 heterocycles. The van der Waals surface area contributed by atoms with E-state index in [2.05, 4.69) is 21.2 Å². The zero-order valence-corrected chi connectivity index (χ0v) is 13.7. The number of benzene rings is 1. The summed E-state index contributed by atoms with van der Waals surface area (Å²) in [6.45, 7) is 6.49. The highest BCUT2D eigenvalue weighted by Gasteiger charge is 2.12. The van der Waals surface area contributed by atoms with Crippen molar-refractivity contribution in [1.29, 1.82) is 0 Å². The molecule has 0 saturated carbocycles. The molecule has 2 amide bonds. The number of nitrogens with one attached hydrogen (secondary N) is 1. The van der Waals surface area contributed by atoms with E-state index in [-0.39, 0.29) is 17.9 Å². The van der Waals surface area contributed by atoms with E-state index in [1.807, 2.05) is 38.1 Å². The normalized spacial score (nSPS) is 10.4. The minimum absolute atomic E-state index is 0.0282. The number of rotatable bonds is 6. The van der Waals surface area contributed by atoms with Gasteiger partial charge in [-0.2, -0.15) is 0 Å². The summed E-state index contributed by atoms with van der Waals surface area (Å²) < 4.78 is 0.996. The van der Waals surface area contributed by atoms with Crippen molar-refractivity contribution in [3.63, 3.8) is 0 Å². The smallest absolute Gasteiger partial charge is 0.224 e. The van der Waals surface area contributed by atoms with Crippen LogP contribution in [0.2, 0.25) is 0 Å². The van der Waals surface area contributed by atoms with Gasteiger partial charge < -0.3 is 10.2 Å². The third kappa shape index (κ3) is 5.74. The lowest BCUT2D eigenvalue weighted by molar-refractivity contribution is -0.131. The van der Waals surface area contributed by atoms with Crippen molar-refractivity contribution in [1.82, 2.24) is 10.2 Å². The average molecular weight is 341 g/mol. The Morgan fingerprint density at radius 3 is 2.35 bits per heavy atom. The lowest BCUT2D eigenvalue weighted by Crippen LogP contribution is -2.41. The number of amides is 2. The quantitative estimate of drug-likeness (QED) is 0.864. The fraction of sp³-hybridized carbons (Fsp3) is 0.467. The molecule has 110 valence electrons. The van der Waals surface area contributed by atoms with Crippen LogP contribution in [-0.2, 0) is 16.0 Å². The fourth-order valence-corrected chi connectivity index (χ4v) is 2.21. The van der Waals surface area contributed by atoms with Crippen LogP contribution in [0, 0.1) is 0 Å². The number of hydrogen-bond acceptors (Lipinski definition) is 2. The van der Waals surface area contributed by atoms with Crippen LogP contribution >= 0.6 is 15.9 Å². The van der Waals surface area contributed by atoms with Gasteiger partial charge in [0.05, 0.1) is 6.42 Å². The lowest BCUT2D eigenvalue weighted by atomic mass is 10.1. The molecule has 0 unspecified atom stereocenters. The second-order valence-electron chi connectivity index (χ2n) is 4.96. The van der Waals surface area contributed by atoms with Gasteiger partial charge in [-0.15, -0.1) is 0 Å². The minimum atomic E-state index is -0.0282. The summed E-state index contributed by atoms with van der Waals surface area (Å²) in [7, 11) is 0. The topological polar surface area (TPSA) is 49.4 Å². The summed E-state index contributed by atoms with van der Waals surface area (Å²) >= 11 is 3.36. The second kappa shape index (κ2) is 8.04. The van der Waals surface area contributed by atoms with Gasteiger partial charge in [-0.1, -0.05) is 28.1 Å². The van der Waals surface area contributed by atoms with Crippen molar-refractivity contribution in [2.45, 2.75) is 33.2 Å². The molecule has 0 spiro atoms. The van der Waals surface area contributed by atoms with E-state index < -0.39 is 0 Å². The Kier molecular flexibility index (Phi) is 6.71. The first-order valence-corrected chi connectivity index (χ1v) is 7.47. The van der Waals surface area contributed by atoms with Crippen LogP contribution in [0.25, 0.3) is 0 Å². The maximum Gasteiger partial charge on any atom is 0.224 e. The van der Waals surface area contributed by atoms with E-state index in [9.17, 15) is 9.59 Å². The largest absolute Gasteiger partial charge is 0.354 e. The highest BCUT2D eigenvalue weighted by Crippen LogP contribution is 2.10. The summed E-state index contributed by atoms with van der Waals surface area (Å²) in [6, 6.07) is 7.81. The van der Waals surface area contributed by atoms with Gasteiger partial charge in [-0.3, -0.25) is 9.59 Å². The van der Waals surface area contributed by atoms with Crippen LogP contribution < -0.4 is 5.32 Å². The zero-order valence-electron chi connectivity index (χ0n) is 12.1. The first-order chi connectivity index (χ1) is 9.40. The van der Waals surface area contributed by atoms with Crippen LogP contribution in [0.4, 0.5) is 0 Å². The van der Waals surface area contributed by atoms with Crippen molar-refractivity contribution < 1.29 is 9.59 Å². The molecule has 0 aromatic heterocycles. The molecular weight excluding hydrogens is 320 g/mol. The van der Waals surface area contributed by atoms with E-state index in [0.29, 0.717) is 19.5 Å². The average Bonchev–Trinajstić information content (AvgIpc) is 2.36. The highest BCUT2D eigenvalue weighted by atomic mass is 79.9. The van der Waals surface area contributed by atoms with E-state index in [0.717, 1.165) is 10.0 Å². The number of carbonyl (C=O) groups is 2. The van der Waals surface area contributed by atoms with Gasteiger partial charge >= 0.3 is 0 Å². The Balaban J connectivity index is 2.36. The Morgan fingerprint density at radius 2 is 1.85 bits per heavy atom. The molecular formula is C15H21BrN2O2. The van der Waals surface area contributed by atoms with Gasteiger partial charge in [0.25, 0.3) is 0 Å². The molecule has 1 N–H and O–H groups in total. The predicted octanol–water partition coefficient (Wildman–Crippen LogP) is 2.36. The Morgan fingerprint density at radius 1 is 1.25 bits per heavy atom. The van der Waals surface area contributed by atoms with Gasteiger partial charge in [0.15, 0.2) is 0 Å². The summed E-state index contributed by atoms with van der Waals surface area (Å²) in [5.41, 5.74) is 0.970. The second-order valence-corrected chi connectivity index (χ2v) is 5.88. The Labute approximate surface area is 128 Å². The fourth-order valence-electron chi connectivity index (χ4n) is 1.95. The predicted molar refractivity (Wildman–Crippen MR) is 83.4 cm³/mol. The first kappa shape index (κ1) is 16.7. The van der Waals surface area contributed by atoms with Crippen LogP contribution in [0.3, 0.4) is 0 Å². The number of carbonyl (C=O) groups excluding carboxylic acids is 2. The van der Waals surface area contributed by atoms with Gasteiger partial charge in [-0.25, -0.2) is 0 Å². The zero-order chi connectivity index (χ0) is 15.1. The van der Waals surface area contributed by atoms with Crippen molar-refractivity contribution >= 4 is 27.7 Å². The molecule has 1 rings (SSSR count). The third-order valence-electron chi connectivity index (χ3n) is 2.98.